The standard InChI is InChI=1S/C13H18ClNO2/c1-9(5-6-16)8-15-13(17)12-4-3-11(14)7-10(12)2/h3-4,7,9,16H,5-6,8H2,1-2H3,(H,15,17). The third-order valence-electron chi connectivity index (χ3n) is 2.67. The molecule has 1 unspecified atom stereocenters. The van der Waals surface area contributed by atoms with Gasteiger partial charge in [0.15, 0.2) is 0 Å². The van der Waals surface area contributed by atoms with Crippen molar-refractivity contribution < 1.29 is 9.90 Å². The lowest BCUT2D eigenvalue weighted by Gasteiger charge is -2.12. The third-order valence-corrected chi connectivity index (χ3v) is 2.90. The second-order valence-electron chi connectivity index (χ2n) is 4.29. The summed E-state index contributed by atoms with van der Waals surface area (Å²) in [5, 5.41) is 12.2. The van der Waals surface area contributed by atoms with Crippen molar-refractivity contribution in [2.24, 2.45) is 5.92 Å². The van der Waals surface area contributed by atoms with Crippen LogP contribution in [0, 0.1) is 12.8 Å². The molecule has 0 aliphatic rings. The Hall–Kier alpha value is -1.06. The molecule has 0 fully saturated rings. The van der Waals surface area contributed by atoms with Crippen molar-refractivity contribution in [2.45, 2.75) is 20.3 Å². The number of rotatable bonds is 5. The van der Waals surface area contributed by atoms with Crippen LogP contribution in [0.2, 0.25) is 5.02 Å². The van der Waals surface area contributed by atoms with Gasteiger partial charge in [-0.05, 0) is 43.0 Å². The Morgan fingerprint density at radius 1 is 1.53 bits per heavy atom. The number of aryl methyl sites for hydroxylation is 1. The molecule has 0 bridgehead atoms. The van der Waals surface area contributed by atoms with Gasteiger partial charge in [-0.25, -0.2) is 0 Å². The molecule has 0 aliphatic heterocycles. The van der Waals surface area contributed by atoms with E-state index in [1.54, 1.807) is 18.2 Å². The van der Waals surface area contributed by atoms with Gasteiger partial charge >= 0.3 is 0 Å². The zero-order valence-corrected chi connectivity index (χ0v) is 10.9. The Bertz CT molecular complexity index is 393. The van der Waals surface area contributed by atoms with E-state index in [1.165, 1.54) is 0 Å². The molecule has 1 aromatic rings. The maximum atomic E-state index is 11.9. The summed E-state index contributed by atoms with van der Waals surface area (Å²) in [7, 11) is 0. The van der Waals surface area contributed by atoms with Crippen molar-refractivity contribution in [3.63, 3.8) is 0 Å². The van der Waals surface area contributed by atoms with Crippen LogP contribution in [-0.2, 0) is 0 Å². The van der Waals surface area contributed by atoms with Gasteiger partial charge in [-0.2, -0.15) is 0 Å². The first-order chi connectivity index (χ1) is 8.04. The smallest absolute Gasteiger partial charge is 0.251 e. The van der Waals surface area contributed by atoms with Gasteiger partial charge in [0, 0.05) is 23.7 Å². The Kier molecular flexibility index (Phi) is 5.45. The quantitative estimate of drug-likeness (QED) is 0.849. The highest BCUT2D eigenvalue weighted by Gasteiger charge is 2.10. The van der Waals surface area contributed by atoms with Crippen LogP contribution in [0.5, 0.6) is 0 Å². The van der Waals surface area contributed by atoms with E-state index < -0.39 is 0 Å². The molecule has 0 heterocycles. The minimum atomic E-state index is -0.0936. The zero-order chi connectivity index (χ0) is 12.8. The lowest BCUT2D eigenvalue weighted by molar-refractivity contribution is 0.0945. The first kappa shape index (κ1) is 14.0. The number of nitrogens with one attached hydrogen (secondary N) is 1. The molecule has 0 radical (unpaired) electrons. The molecule has 4 heteroatoms. The maximum Gasteiger partial charge on any atom is 0.251 e. The monoisotopic (exact) mass is 255 g/mol. The predicted octanol–water partition coefficient (Wildman–Crippen LogP) is 2.40. The van der Waals surface area contributed by atoms with Crippen LogP contribution in [0.25, 0.3) is 0 Å². The lowest BCUT2D eigenvalue weighted by atomic mass is 10.1. The van der Waals surface area contributed by atoms with E-state index in [2.05, 4.69) is 5.32 Å². The van der Waals surface area contributed by atoms with Crippen LogP contribution in [0.1, 0.15) is 29.3 Å². The van der Waals surface area contributed by atoms with Crippen molar-refractivity contribution in [3.8, 4) is 0 Å². The normalized spacial score (nSPS) is 12.2. The van der Waals surface area contributed by atoms with E-state index in [1.807, 2.05) is 13.8 Å². The number of hydrogen-bond acceptors (Lipinski definition) is 2. The van der Waals surface area contributed by atoms with Crippen molar-refractivity contribution in [3.05, 3.63) is 34.3 Å². The van der Waals surface area contributed by atoms with Crippen LogP contribution in [0.3, 0.4) is 0 Å². The second-order valence-corrected chi connectivity index (χ2v) is 4.72. The number of halogens is 1. The fourth-order valence-corrected chi connectivity index (χ4v) is 1.79. The molecule has 0 aliphatic carbocycles. The van der Waals surface area contributed by atoms with Gasteiger partial charge in [0.25, 0.3) is 5.91 Å². The van der Waals surface area contributed by atoms with E-state index in [4.69, 9.17) is 16.7 Å². The molecule has 1 amide bonds. The van der Waals surface area contributed by atoms with Gasteiger partial charge in [-0.3, -0.25) is 4.79 Å². The highest BCUT2D eigenvalue weighted by molar-refractivity contribution is 6.30. The summed E-state index contributed by atoms with van der Waals surface area (Å²) < 4.78 is 0. The van der Waals surface area contributed by atoms with E-state index in [-0.39, 0.29) is 18.4 Å². The Balaban J connectivity index is 2.58. The summed E-state index contributed by atoms with van der Waals surface area (Å²) >= 11 is 5.83. The molecule has 1 aromatic carbocycles. The van der Waals surface area contributed by atoms with Gasteiger partial charge in [-0.15, -0.1) is 0 Å². The van der Waals surface area contributed by atoms with E-state index in [0.29, 0.717) is 23.6 Å². The Morgan fingerprint density at radius 3 is 2.82 bits per heavy atom. The van der Waals surface area contributed by atoms with Gasteiger partial charge in [0.1, 0.15) is 0 Å². The van der Waals surface area contributed by atoms with Gasteiger partial charge in [-0.1, -0.05) is 18.5 Å². The van der Waals surface area contributed by atoms with Crippen molar-refractivity contribution in [1.29, 1.82) is 0 Å². The van der Waals surface area contributed by atoms with Crippen LogP contribution in [-0.4, -0.2) is 24.2 Å². The fourth-order valence-electron chi connectivity index (χ4n) is 1.57. The van der Waals surface area contributed by atoms with Gasteiger partial charge in [0.05, 0.1) is 0 Å². The minimum absolute atomic E-state index is 0.0936. The SMILES string of the molecule is Cc1cc(Cl)ccc1C(=O)NCC(C)CCO. The zero-order valence-electron chi connectivity index (χ0n) is 10.2. The number of carbonyl (C=O) groups excluding carboxylic acids is 1. The number of hydrogen-bond donors (Lipinski definition) is 2. The Morgan fingerprint density at radius 2 is 2.24 bits per heavy atom. The summed E-state index contributed by atoms with van der Waals surface area (Å²) in [5.74, 6) is 0.181. The molecule has 3 nitrogen and oxygen atoms in total. The summed E-state index contributed by atoms with van der Waals surface area (Å²) in [5.41, 5.74) is 1.51. The number of benzene rings is 1. The number of aliphatic hydroxyl groups excluding tert-OH is 1. The first-order valence-corrected chi connectivity index (χ1v) is 6.07. The van der Waals surface area contributed by atoms with E-state index in [9.17, 15) is 4.79 Å². The van der Waals surface area contributed by atoms with E-state index >= 15 is 0 Å². The molecule has 2 N–H and O–H groups in total. The van der Waals surface area contributed by atoms with Gasteiger partial charge in [0.2, 0.25) is 0 Å². The molecule has 0 spiro atoms. The molecule has 0 saturated heterocycles. The Labute approximate surface area is 107 Å². The summed E-state index contributed by atoms with van der Waals surface area (Å²) in [6, 6.07) is 5.21. The number of carbonyl (C=O) groups is 1. The average molecular weight is 256 g/mol. The molecule has 0 aromatic heterocycles. The number of amides is 1. The summed E-state index contributed by atoms with van der Waals surface area (Å²) in [4.78, 5) is 11.9. The molecule has 0 saturated carbocycles. The summed E-state index contributed by atoms with van der Waals surface area (Å²) in [6.07, 6.45) is 0.694. The molecular weight excluding hydrogens is 238 g/mol. The molecule has 1 atom stereocenters. The summed E-state index contributed by atoms with van der Waals surface area (Å²) in [6.45, 7) is 4.57. The lowest BCUT2D eigenvalue weighted by Crippen LogP contribution is -2.29. The van der Waals surface area contributed by atoms with Crippen molar-refractivity contribution in [2.75, 3.05) is 13.2 Å². The van der Waals surface area contributed by atoms with E-state index in [0.717, 1.165) is 5.56 Å². The molecular formula is C13H18ClNO2. The maximum absolute atomic E-state index is 11.9. The number of aliphatic hydroxyl groups is 1. The van der Waals surface area contributed by atoms with Crippen molar-refractivity contribution >= 4 is 17.5 Å². The average Bonchev–Trinajstić information content (AvgIpc) is 2.26. The highest BCUT2D eigenvalue weighted by atomic mass is 35.5. The van der Waals surface area contributed by atoms with Gasteiger partial charge < -0.3 is 10.4 Å². The van der Waals surface area contributed by atoms with Crippen molar-refractivity contribution in [1.82, 2.24) is 5.32 Å². The first-order valence-electron chi connectivity index (χ1n) is 5.69. The predicted molar refractivity (Wildman–Crippen MR) is 69.4 cm³/mol. The molecule has 1 rings (SSSR count). The molecule has 17 heavy (non-hydrogen) atoms. The van der Waals surface area contributed by atoms with Crippen LogP contribution in [0.4, 0.5) is 0 Å². The largest absolute Gasteiger partial charge is 0.396 e. The van der Waals surface area contributed by atoms with Crippen LogP contribution in [0.15, 0.2) is 18.2 Å². The topological polar surface area (TPSA) is 49.3 Å². The molecule has 94 valence electrons. The highest BCUT2D eigenvalue weighted by Crippen LogP contribution is 2.15. The van der Waals surface area contributed by atoms with Crippen LogP contribution < -0.4 is 5.32 Å². The minimum Gasteiger partial charge on any atom is -0.396 e. The second kappa shape index (κ2) is 6.62. The van der Waals surface area contributed by atoms with Crippen LogP contribution >= 0.6 is 11.6 Å². The fraction of sp³-hybridized carbons (Fsp3) is 0.462. The third kappa shape index (κ3) is 4.36.